The smallest absolute Gasteiger partial charge is 0.291 e. The third kappa shape index (κ3) is 2.20. The van der Waals surface area contributed by atoms with Gasteiger partial charge in [0, 0.05) is 17.0 Å². The quantitative estimate of drug-likeness (QED) is 0.663. The zero-order chi connectivity index (χ0) is 18.8. The monoisotopic (exact) mass is 382 g/mol. The number of nitrogens with one attached hydrogen (secondary N) is 2. The minimum absolute atomic E-state index is 0.223. The normalized spacial score (nSPS) is 31.0. The van der Waals surface area contributed by atoms with Crippen molar-refractivity contribution in [2.24, 2.45) is 11.8 Å². The van der Waals surface area contributed by atoms with E-state index in [1.54, 1.807) is 18.2 Å². The van der Waals surface area contributed by atoms with Gasteiger partial charge in [-0.1, -0.05) is 41.9 Å². The minimum atomic E-state index is -1.17. The lowest BCUT2D eigenvalue weighted by atomic mass is 9.76. The molecule has 2 saturated heterocycles. The van der Waals surface area contributed by atoms with Crippen molar-refractivity contribution < 1.29 is 19.7 Å². The lowest BCUT2D eigenvalue weighted by molar-refractivity contribution is -0.733. The van der Waals surface area contributed by atoms with Gasteiger partial charge in [-0.15, -0.1) is 0 Å². The molecule has 0 radical (unpaired) electrons. The summed E-state index contributed by atoms with van der Waals surface area (Å²) in [6.45, 7) is 0. The first-order chi connectivity index (χ1) is 13.0. The second-order valence-electron chi connectivity index (χ2n) is 7.39. The van der Waals surface area contributed by atoms with Crippen LogP contribution in [0.1, 0.15) is 11.1 Å². The molecule has 3 aliphatic heterocycles. The maximum atomic E-state index is 13.1. The van der Waals surface area contributed by atoms with Gasteiger partial charge in [0.25, 0.3) is 5.91 Å². The fourth-order valence-corrected chi connectivity index (χ4v) is 5.11. The lowest BCUT2D eigenvalue weighted by Gasteiger charge is -2.24. The third-order valence-corrected chi connectivity index (χ3v) is 6.22. The van der Waals surface area contributed by atoms with Crippen molar-refractivity contribution in [3.05, 3.63) is 64.7 Å². The molecule has 5 rings (SSSR count). The Hall–Kier alpha value is -2.70. The number of nitrogens with two attached hydrogens (primary N) is 1. The molecule has 3 aliphatic rings. The highest BCUT2D eigenvalue weighted by atomic mass is 35.5. The standard InChI is InChI=1S/C20H16ClN3O3/c21-11-6-7-13-12(9-11)20(19(27)22-13)16-15(17(25)23-18(16)26)14(24-20)8-10-4-2-1-3-5-10/h1-7,9,14-16,24H,8H2,(H,22,27)(H,23,25,26)/p+1/t14-,15-,16-,20-/m1/s1. The number of anilines is 1. The van der Waals surface area contributed by atoms with Crippen LogP contribution in [0.2, 0.25) is 5.02 Å². The average Bonchev–Trinajstić information content (AvgIpc) is 3.23. The molecule has 0 bridgehead atoms. The highest BCUT2D eigenvalue weighted by Gasteiger charge is 2.72. The molecule has 2 aromatic carbocycles. The molecule has 0 aromatic heterocycles. The largest absolute Gasteiger partial charge is 0.326 e. The number of carbonyl (C=O) groups excluding carboxylic acids is 3. The number of fused-ring (bicyclic) bond motifs is 4. The molecule has 0 saturated carbocycles. The van der Waals surface area contributed by atoms with Crippen LogP contribution in [-0.4, -0.2) is 23.8 Å². The summed E-state index contributed by atoms with van der Waals surface area (Å²) in [6, 6.07) is 14.7. The molecular weight excluding hydrogens is 366 g/mol. The molecule has 0 aliphatic carbocycles. The Morgan fingerprint density at radius 3 is 2.56 bits per heavy atom. The molecule has 7 heteroatoms. The van der Waals surface area contributed by atoms with Gasteiger partial charge in [0.1, 0.15) is 17.9 Å². The number of imide groups is 1. The van der Waals surface area contributed by atoms with Gasteiger partial charge in [0.15, 0.2) is 0 Å². The van der Waals surface area contributed by atoms with Gasteiger partial charge in [-0.3, -0.25) is 19.7 Å². The first-order valence-corrected chi connectivity index (χ1v) is 9.24. The van der Waals surface area contributed by atoms with E-state index in [-0.39, 0.29) is 23.8 Å². The average molecular weight is 383 g/mol. The minimum Gasteiger partial charge on any atom is -0.326 e. The van der Waals surface area contributed by atoms with Gasteiger partial charge in [0.2, 0.25) is 17.4 Å². The maximum absolute atomic E-state index is 13.1. The van der Waals surface area contributed by atoms with Crippen molar-refractivity contribution in [1.82, 2.24) is 5.32 Å². The SMILES string of the molecule is O=C1NC(=O)[C@H]2[C@H]1[C@@H](Cc1ccccc1)[NH2+][C@@]21C(=O)Nc2ccc(Cl)cc21. The van der Waals surface area contributed by atoms with E-state index in [0.717, 1.165) is 5.56 Å². The van der Waals surface area contributed by atoms with E-state index >= 15 is 0 Å². The molecule has 3 amide bonds. The Morgan fingerprint density at radius 2 is 1.78 bits per heavy atom. The maximum Gasteiger partial charge on any atom is 0.291 e. The summed E-state index contributed by atoms with van der Waals surface area (Å²) >= 11 is 6.19. The predicted molar refractivity (Wildman–Crippen MR) is 97.7 cm³/mol. The molecule has 2 aromatic rings. The first kappa shape index (κ1) is 16.5. The Bertz CT molecular complexity index is 993. The van der Waals surface area contributed by atoms with Crippen LogP contribution in [-0.2, 0) is 26.3 Å². The molecule has 3 heterocycles. The highest BCUT2D eigenvalue weighted by molar-refractivity contribution is 6.31. The van der Waals surface area contributed by atoms with Crippen molar-refractivity contribution in [2.45, 2.75) is 18.0 Å². The number of carbonyl (C=O) groups is 3. The van der Waals surface area contributed by atoms with Gasteiger partial charge in [-0.25, -0.2) is 0 Å². The molecular formula is C20H17ClN3O3+. The second kappa shape index (κ2) is 5.65. The van der Waals surface area contributed by atoms with Gasteiger partial charge < -0.3 is 10.6 Å². The number of quaternary nitrogens is 1. The summed E-state index contributed by atoms with van der Waals surface area (Å²) in [4.78, 5) is 38.4. The van der Waals surface area contributed by atoms with Crippen LogP contribution in [0, 0.1) is 11.8 Å². The second-order valence-corrected chi connectivity index (χ2v) is 7.83. The topological polar surface area (TPSA) is 91.9 Å². The fourth-order valence-electron chi connectivity index (χ4n) is 4.94. The van der Waals surface area contributed by atoms with E-state index in [0.29, 0.717) is 22.7 Å². The lowest BCUT2D eigenvalue weighted by Crippen LogP contribution is -2.99. The van der Waals surface area contributed by atoms with Gasteiger partial charge >= 0.3 is 0 Å². The summed E-state index contributed by atoms with van der Waals surface area (Å²) < 4.78 is 0. The van der Waals surface area contributed by atoms with E-state index in [2.05, 4.69) is 10.6 Å². The molecule has 27 heavy (non-hydrogen) atoms. The van der Waals surface area contributed by atoms with Crippen LogP contribution in [0.4, 0.5) is 5.69 Å². The van der Waals surface area contributed by atoms with Crippen LogP contribution < -0.4 is 16.0 Å². The van der Waals surface area contributed by atoms with Crippen molar-refractivity contribution >= 4 is 35.0 Å². The molecule has 1 spiro atoms. The van der Waals surface area contributed by atoms with Crippen LogP contribution in [0.3, 0.4) is 0 Å². The Labute approximate surface area is 160 Å². The van der Waals surface area contributed by atoms with Gasteiger partial charge in [0.05, 0.1) is 5.69 Å². The molecule has 2 fully saturated rings. The van der Waals surface area contributed by atoms with Crippen molar-refractivity contribution in [3.8, 4) is 0 Å². The molecule has 0 unspecified atom stereocenters. The number of benzene rings is 2. The van der Waals surface area contributed by atoms with E-state index in [4.69, 9.17) is 11.6 Å². The van der Waals surface area contributed by atoms with E-state index in [1.165, 1.54) is 0 Å². The Balaban J connectivity index is 1.64. The summed E-state index contributed by atoms with van der Waals surface area (Å²) in [5, 5.41) is 7.71. The predicted octanol–water partition coefficient (Wildman–Crippen LogP) is 0.564. The van der Waals surface area contributed by atoms with Crippen LogP contribution in [0.25, 0.3) is 0 Å². The molecule has 4 N–H and O–H groups in total. The molecule has 4 atom stereocenters. The van der Waals surface area contributed by atoms with Crippen LogP contribution >= 0.6 is 11.6 Å². The number of halogens is 1. The molecule has 6 nitrogen and oxygen atoms in total. The van der Waals surface area contributed by atoms with Crippen LogP contribution in [0.5, 0.6) is 0 Å². The summed E-state index contributed by atoms with van der Waals surface area (Å²) in [6.07, 6.45) is 0.591. The van der Waals surface area contributed by atoms with Crippen LogP contribution in [0.15, 0.2) is 48.5 Å². The number of amides is 3. The summed E-state index contributed by atoms with van der Waals surface area (Å²) in [5.74, 6) is -2.27. The number of hydrogen-bond acceptors (Lipinski definition) is 3. The Morgan fingerprint density at radius 1 is 1.00 bits per heavy atom. The highest BCUT2D eigenvalue weighted by Crippen LogP contribution is 2.47. The Kier molecular flexibility index (Phi) is 3.44. The van der Waals surface area contributed by atoms with Crippen molar-refractivity contribution in [1.29, 1.82) is 0 Å². The first-order valence-electron chi connectivity index (χ1n) is 8.87. The van der Waals surface area contributed by atoms with Crippen molar-refractivity contribution in [3.63, 3.8) is 0 Å². The zero-order valence-electron chi connectivity index (χ0n) is 14.2. The zero-order valence-corrected chi connectivity index (χ0v) is 15.0. The van der Waals surface area contributed by atoms with Gasteiger partial charge in [-0.2, -0.15) is 0 Å². The summed E-state index contributed by atoms with van der Waals surface area (Å²) in [5.41, 5.74) is 1.22. The number of hydrogen-bond donors (Lipinski definition) is 3. The van der Waals surface area contributed by atoms with Gasteiger partial charge in [-0.05, 0) is 23.8 Å². The van der Waals surface area contributed by atoms with E-state index < -0.39 is 17.4 Å². The molecule has 136 valence electrons. The summed E-state index contributed by atoms with van der Waals surface area (Å²) in [7, 11) is 0. The van der Waals surface area contributed by atoms with E-state index in [9.17, 15) is 14.4 Å². The third-order valence-electron chi connectivity index (χ3n) is 5.98. The fraction of sp³-hybridized carbons (Fsp3) is 0.250. The van der Waals surface area contributed by atoms with E-state index in [1.807, 2.05) is 35.6 Å². The number of rotatable bonds is 2. The van der Waals surface area contributed by atoms with Crippen molar-refractivity contribution in [2.75, 3.05) is 5.32 Å².